The molecule has 0 bridgehead atoms. The molecule has 0 spiro atoms. The Hall–Kier alpha value is -2.82. The summed E-state index contributed by atoms with van der Waals surface area (Å²) in [6, 6.07) is 12.7. The summed E-state index contributed by atoms with van der Waals surface area (Å²) in [5.41, 5.74) is 3.47. The number of nitrogens with zero attached hydrogens (tertiary/aromatic N) is 3. The molecular formula is C21H25N5. The Bertz CT molecular complexity index is 792. The van der Waals surface area contributed by atoms with E-state index in [1.165, 1.54) is 31.4 Å². The molecule has 2 N–H and O–H groups in total. The van der Waals surface area contributed by atoms with Crippen LogP contribution in [0.1, 0.15) is 43.1 Å². The Kier molecular flexibility index (Phi) is 5.14. The minimum absolute atomic E-state index is 0.0573. The quantitative estimate of drug-likeness (QED) is 0.719. The number of imidazole rings is 1. The van der Waals surface area contributed by atoms with E-state index in [2.05, 4.69) is 55.5 Å². The number of H-pyrrole nitrogens is 1. The summed E-state index contributed by atoms with van der Waals surface area (Å²) in [7, 11) is 0. The van der Waals surface area contributed by atoms with Crippen molar-refractivity contribution in [3.63, 3.8) is 0 Å². The first-order valence-electron chi connectivity index (χ1n) is 9.41. The van der Waals surface area contributed by atoms with Crippen molar-refractivity contribution in [2.24, 2.45) is 0 Å². The van der Waals surface area contributed by atoms with Crippen molar-refractivity contribution in [3.8, 4) is 0 Å². The van der Waals surface area contributed by atoms with Crippen LogP contribution in [0.5, 0.6) is 0 Å². The van der Waals surface area contributed by atoms with E-state index in [0.717, 1.165) is 30.2 Å². The van der Waals surface area contributed by atoms with E-state index in [-0.39, 0.29) is 6.04 Å². The van der Waals surface area contributed by atoms with Crippen LogP contribution in [0.3, 0.4) is 0 Å². The molecule has 1 saturated heterocycles. The zero-order chi connectivity index (χ0) is 17.6. The molecule has 0 amide bonds. The fourth-order valence-electron chi connectivity index (χ4n) is 3.58. The average Bonchev–Trinajstić information content (AvgIpc) is 3.08. The summed E-state index contributed by atoms with van der Waals surface area (Å²) in [5.74, 6) is 0.887. The molecule has 2 aromatic heterocycles. The van der Waals surface area contributed by atoms with E-state index in [1.807, 2.05) is 18.5 Å². The molecule has 1 fully saturated rings. The average molecular weight is 347 g/mol. The second-order valence-corrected chi connectivity index (χ2v) is 6.79. The van der Waals surface area contributed by atoms with E-state index in [4.69, 9.17) is 0 Å². The second kappa shape index (κ2) is 8.04. The Morgan fingerprint density at radius 2 is 1.88 bits per heavy atom. The first-order chi connectivity index (χ1) is 12.9. The molecule has 1 aliphatic rings. The van der Waals surface area contributed by atoms with Crippen molar-refractivity contribution >= 4 is 11.4 Å². The lowest BCUT2D eigenvalue weighted by molar-refractivity contribution is 0.726. The van der Waals surface area contributed by atoms with Gasteiger partial charge in [-0.15, -0.1) is 0 Å². The Balaban J connectivity index is 1.59. The molecular weight excluding hydrogens is 322 g/mol. The van der Waals surface area contributed by atoms with Crippen molar-refractivity contribution in [1.82, 2.24) is 15.0 Å². The summed E-state index contributed by atoms with van der Waals surface area (Å²) in [4.78, 5) is 14.5. The van der Waals surface area contributed by atoms with Gasteiger partial charge >= 0.3 is 0 Å². The van der Waals surface area contributed by atoms with Crippen LogP contribution in [0.4, 0.5) is 11.4 Å². The lowest BCUT2D eigenvalue weighted by Crippen LogP contribution is -2.24. The first-order valence-corrected chi connectivity index (χ1v) is 9.41. The lowest BCUT2D eigenvalue weighted by Gasteiger charge is -2.24. The fraction of sp³-hybridized carbons (Fsp3) is 0.333. The number of aromatic amines is 1. The third-order valence-electron chi connectivity index (χ3n) is 4.94. The molecule has 134 valence electrons. The number of pyridine rings is 1. The van der Waals surface area contributed by atoms with Crippen molar-refractivity contribution < 1.29 is 0 Å². The van der Waals surface area contributed by atoms with E-state index in [1.54, 1.807) is 12.4 Å². The van der Waals surface area contributed by atoms with Gasteiger partial charge in [0.05, 0.1) is 0 Å². The number of nitrogens with one attached hydrogen (secondary N) is 2. The number of benzene rings is 1. The van der Waals surface area contributed by atoms with Gasteiger partial charge in [-0.05, 0) is 37.1 Å². The van der Waals surface area contributed by atoms with Crippen molar-refractivity contribution in [2.75, 3.05) is 23.3 Å². The van der Waals surface area contributed by atoms with E-state index < -0.39 is 0 Å². The molecule has 1 aliphatic heterocycles. The van der Waals surface area contributed by atoms with Crippen LogP contribution in [0.25, 0.3) is 0 Å². The van der Waals surface area contributed by atoms with Crippen LogP contribution in [0.15, 0.2) is 61.2 Å². The maximum absolute atomic E-state index is 4.46. The predicted molar refractivity (Wildman–Crippen MR) is 105 cm³/mol. The van der Waals surface area contributed by atoms with Gasteiger partial charge in [-0.25, -0.2) is 4.98 Å². The SMILES string of the molecule is c1cncc(C(Nc2cccc(N3CCCCCC3)c2)c2ncc[nH]2)c1. The minimum Gasteiger partial charge on any atom is -0.371 e. The monoisotopic (exact) mass is 347 g/mol. The van der Waals surface area contributed by atoms with Gasteiger partial charge in [-0.1, -0.05) is 25.0 Å². The number of hydrogen-bond donors (Lipinski definition) is 2. The summed E-state index contributed by atoms with van der Waals surface area (Å²) in [5, 5.41) is 3.63. The molecule has 1 unspecified atom stereocenters. The smallest absolute Gasteiger partial charge is 0.133 e. The van der Waals surface area contributed by atoms with Gasteiger partial charge in [0.2, 0.25) is 0 Å². The highest BCUT2D eigenvalue weighted by Gasteiger charge is 2.17. The number of rotatable bonds is 5. The lowest BCUT2D eigenvalue weighted by atomic mass is 10.1. The molecule has 0 radical (unpaired) electrons. The van der Waals surface area contributed by atoms with Gasteiger partial charge in [0.1, 0.15) is 11.9 Å². The van der Waals surface area contributed by atoms with Crippen LogP contribution in [-0.2, 0) is 0 Å². The zero-order valence-corrected chi connectivity index (χ0v) is 14.9. The van der Waals surface area contributed by atoms with Crippen LogP contribution < -0.4 is 10.2 Å². The number of hydrogen-bond acceptors (Lipinski definition) is 4. The summed E-state index contributed by atoms with van der Waals surface area (Å²) in [6.45, 7) is 2.29. The highest BCUT2D eigenvalue weighted by Crippen LogP contribution is 2.27. The Labute approximate surface area is 154 Å². The Morgan fingerprint density at radius 1 is 1.00 bits per heavy atom. The maximum atomic E-state index is 4.46. The van der Waals surface area contributed by atoms with Crippen molar-refractivity contribution in [3.05, 3.63) is 72.6 Å². The predicted octanol–water partition coefficient (Wildman–Crippen LogP) is 4.39. The third kappa shape index (κ3) is 3.87. The highest BCUT2D eigenvalue weighted by atomic mass is 15.1. The second-order valence-electron chi connectivity index (χ2n) is 6.79. The fourth-order valence-corrected chi connectivity index (χ4v) is 3.58. The molecule has 3 aromatic rings. The molecule has 1 atom stereocenters. The van der Waals surface area contributed by atoms with Crippen LogP contribution in [0.2, 0.25) is 0 Å². The van der Waals surface area contributed by atoms with Gasteiger partial charge < -0.3 is 15.2 Å². The van der Waals surface area contributed by atoms with Crippen LogP contribution in [-0.4, -0.2) is 28.0 Å². The topological polar surface area (TPSA) is 56.8 Å². The summed E-state index contributed by atoms with van der Waals surface area (Å²) < 4.78 is 0. The number of anilines is 2. The highest BCUT2D eigenvalue weighted by molar-refractivity contribution is 5.59. The van der Waals surface area contributed by atoms with E-state index in [0.29, 0.717) is 0 Å². The minimum atomic E-state index is -0.0573. The van der Waals surface area contributed by atoms with Gasteiger partial charge in [-0.3, -0.25) is 4.98 Å². The maximum Gasteiger partial charge on any atom is 0.133 e. The molecule has 0 aliphatic carbocycles. The first kappa shape index (κ1) is 16.6. The molecule has 3 heterocycles. The number of aromatic nitrogens is 3. The third-order valence-corrected chi connectivity index (χ3v) is 4.94. The van der Waals surface area contributed by atoms with Crippen LogP contribution >= 0.6 is 0 Å². The molecule has 26 heavy (non-hydrogen) atoms. The molecule has 5 nitrogen and oxygen atoms in total. The summed E-state index contributed by atoms with van der Waals surface area (Å²) in [6.07, 6.45) is 12.6. The normalized spacial score (nSPS) is 16.1. The zero-order valence-electron chi connectivity index (χ0n) is 14.9. The van der Waals surface area contributed by atoms with Crippen molar-refractivity contribution in [2.45, 2.75) is 31.7 Å². The van der Waals surface area contributed by atoms with E-state index in [9.17, 15) is 0 Å². The van der Waals surface area contributed by atoms with Gasteiger partial charge in [0.25, 0.3) is 0 Å². The molecule has 0 saturated carbocycles. The van der Waals surface area contributed by atoms with Gasteiger partial charge in [0, 0.05) is 54.8 Å². The molecule has 1 aromatic carbocycles. The Morgan fingerprint density at radius 3 is 2.62 bits per heavy atom. The molecule has 5 heteroatoms. The van der Waals surface area contributed by atoms with Crippen molar-refractivity contribution in [1.29, 1.82) is 0 Å². The standard InChI is InChI=1S/C21H25N5/c1-2-4-14-26(13-3-1)19-9-5-8-18(15-19)25-20(21-23-11-12-24-21)17-7-6-10-22-16-17/h5-12,15-16,20,25H,1-4,13-14H2,(H,23,24). The largest absolute Gasteiger partial charge is 0.371 e. The summed E-state index contributed by atoms with van der Waals surface area (Å²) >= 11 is 0. The molecule has 4 rings (SSSR count). The van der Waals surface area contributed by atoms with Crippen LogP contribution in [0, 0.1) is 0 Å². The van der Waals surface area contributed by atoms with Gasteiger partial charge in [0.15, 0.2) is 0 Å². The van der Waals surface area contributed by atoms with E-state index >= 15 is 0 Å². The van der Waals surface area contributed by atoms with Gasteiger partial charge in [-0.2, -0.15) is 0 Å².